The van der Waals surface area contributed by atoms with Gasteiger partial charge in [-0.05, 0) is 25.2 Å². The molecule has 1 unspecified atom stereocenters. The molecule has 0 aromatic rings. The van der Waals surface area contributed by atoms with Crippen molar-refractivity contribution in [3.63, 3.8) is 0 Å². The third-order valence-corrected chi connectivity index (χ3v) is 2.76. The van der Waals surface area contributed by atoms with Gasteiger partial charge in [0, 0.05) is 0 Å². The predicted octanol–water partition coefficient (Wildman–Crippen LogP) is 2.83. The van der Waals surface area contributed by atoms with Crippen LogP contribution in [0.15, 0.2) is 0 Å². The summed E-state index contributed by atoms with van der Waals surface area (Å²) in [5.41, 5.74) is 0. The van der Waals surface area contributed by atoms with Crippen molar-refractivity contribution >= 4 is 0 Å². The molecular formula is C12H28O2. The Hall–Kier alpha value is -0.0800. The van der Waals surface area contributed by atoms with E-state index in [-0.39, 0.29) is 0 Å². The van der Waals surface area contributed by atoms with E-state index in [0.29, 0.717) is 6.42 Å². The quantitative estimate of drug-likeness (QED) is 0.739. The number of hydrogen-bond donors (Lipinski definition) is 2. The highest BCUT2D eigenvalue weighted by atomic mass is 16.3. The monoisotopic (exact) mass is 204 g/mol. The van der Waals surface area contributed by atoms with E-state index in [1.165, 1.54) is 6.42 Å². The predicted molar refractivity (Wildman–Crippen MR) is 62.3 cm³/mol. The molecule has 0 aromatic carbocycles. The molecule has 0 saturated carbocycles. The molecule has 0 aliphatic rings. The summed E-state index contributed by atoms with van der Waals surface area (Å²) in [5, 5.41) is 17.3. The van der Waals surface area contributed by atoms with Crippen molar-refractivity contribution in [3.8, 4) is 0 Å². The van der Waals surface area contributed by atoms with E-state index in [1.807, 2.05) is 6.92 Å². The largest absolute Gasteiger partial charge is 0.391 e. The zero-order valence-electron chi connectivity index (χ0n) is 10.6. The van der Waals surface area contributed by atoms with Gasteiger partial charge in [-0.15, -0.1) is 0 Å². The van der Waals surface area contributed by atoms with Crippen molar-refractivity contribution in [2.24, 2.45) is 11.8 Å². The Morgan fingerprint density at radius 3 is 1.29 bits per heavy atom. The van der Waals surface area contributed by atoms with E-state index in [0.717, 1.165) is 11.8 Å². The van der Waals surface area contributed by atoms with Crippen LogP contribution in [0, 0.1) is 11.8 Å². The highest BCUT2D eigenvalue weighted by Crippen LogP contribution is 2.11. The maximum Gasteiger partial charge on any atom is 0.0793 e. The zero-order chi connectivity index (χ0) is 11.7. The van der Waals surface area contributed by atoms with E-state index in [9.17, 15) is 0 Å². The van der Waals surface area contributed by atoms with Gasteiger partial charge in [0.15, 0.2) is 0 Å². The van der Waals surface area contributed by atoms with Gasteiger partial charge in [0.25, 0.3) is 0 Å². The summed E-state index contributed by atoms with van der Waals surface area (Å²) < 4.78 is 0. The minimum atomic E-state index is -0.579. The Bertz CT molecular complexity index is 96.9. The van der Waals surface area contributed by atoms with Gasteiger partial charge in [-0.1, -0.05) is 41.0 Å². The van der Waals surface area contributed by atoms with Crippen LogP contribution < -0.4 is 0 Å². The first-order valence-corrected chi connectivity index (χ1v) is 5.72. The van der Waals surface area contributed by atoms with Gasteiger partial charge < -0.3 is 10.2 Å². The molecule has 0 bridgehead atoms. The molecule has 3 atom stereocenters. The molecule has 0 spiro atoms. The molecule has 0 fully saturated rings. The lowest BCUT2D eigenvalue weighted by Crippen LogP contribution is -2.20. The van der Waals surface area contributed by atoms with E-state index in [1.54, 1.807) is 6.92 Å². The van der Waals surface area contributed by atoms with E-state index >= 15 is 0 Å². The third-order valence-electron chi connectivity index (χ3n) is 2.76. The topological polar surface area (TPSA) is 40.5 Å². The van der Waals surface area contributed by atoms with Crippen molar-refractivity contribution < 1.29 is 10.2 Å². The maximum atomic E-state index is 8.69. The molecule has 0 aliphatic carbocycles. The van der Waals surface area contributed by atoms with E-state index in [2.05, 4.69) is 27.7 Å². The highest BCUT2D eigenvalue weighted by molar-refractivity contribution is 4.57. The molecule has 0 radical (unpaired) electrons. The average Bonchev–Trinajstić information content (AvgIpc) is 2.15. The van der Waals surface area contributed by atoms with Crippen LogP contribution in [-0.2, 0) is 0 Å². The number of hydrogen-bond acceptors (Lipinski definition) is 2. The second-order valence-electron chi connectivity index (χ2n) is 4.35. The van der Waals surface area contributed by atoms with Crippen LogP contribution in [0.3, 0.4) is 0 Å². The first-order valence-electron chi connectivity index (χ1n) is 5.72. The molecular weight excluding hydrogens is 176 g/mol. The van der Waals surface area contributed by atoms with Gasteiger partial charge in [0.05, 0.1) is 12.2 Å². The normalized spacial score (nSPS) is 16.9. The lowest BCUT2D eigenvalue weighted by atomic mass is 9.96. The molecule has 14 heavy (non-hydrogen) atoms. The molecule has 0 rings (SSSR count). The van der Waals surface area contributed by atoms with Crippen LogP contribution in [0.1, 0.15) is 54.4 Å². The lowest BCUT2D eigenvalue weighted by molar-refractivity contribution is 0.0294. The van der Waals surface area contributed by atoms with Crippen LogP contribution in [0.25, 0.3) is 0 Å². The molecule has 88 valence electrons. The van der Waals surface area contributed by atoms with Gasteiger partial charge >= 0.3 is 0 Å². The van der Waals surface area contributed by atoms with Crippen molar-refractivity contribution in [1.29, 1.82) is 0 Å². The Balaban J connectivity index is 0. The van der Waals surface area contributed by atoms with E-state index < -0.39 is 12.2 Å². The summed E-state index contributed by atoms with van der Waals surface area (Å²) in [6, 6.07) is 0. The summed E-state index contributed by atoms with van der Waals surface area (Å²) >= 11 is 0. The van der Waals surface area contributed by atoms with Gasteiger partial charge in [0.1, 0.15) is 0 Å². The summed E-state index contributed by atoms with van der Waals surface area (Å²) in [6.45, 7) is 12.5. The maximum absolute atomic E-state index is 8.69. The fraction of sp³-hybridized carbons (Fsp3) is 1.00. The van der Waals surface area contributed by atoms with Crippen molar-refractivity contribution in [2.45, 2.75) is 66.6 Å². The summed E-state index contributed by atoms with van der Waals surface area (Å²) in [4.78, 5) is 0. The van der Waals surface area contributed by atoms with Crippen LogP contribution >= 0.6 is 0 Å². The standard InChI is InChI=1S/C7H16.C5H12O2/c1-5-7(4)6(2)3;1-3-5(7)4(2)6/h6-7H,5H2,1-4H3;4-7H,3H2,1-2H3/t7-;4?,5-/m00/s1. The van der Waals surface area contributed by atoms with Crippen LogP contribution in [0.2, 0.25) is 0 Å². The Morgan fingerprint density at radius 2 is 1.29 bits per heavy atom. The van der Waals surface area contributed by atoms with E-state index in [4.69, 9.17) is 10.2 Å². The number of aliphatic hydroxyl groups excluding tert-OH is 2. The molecule has 0 heterocycles. The molecule has 0 aromatic heterocycles. The summed E-state index contributed by atoms with van der Waals surface area (Å²) in [5.74, 6) is 1.77. The SMILES string of the molecule is CC[C@H](C)C(C)C.CC[C@H](O)C(C)O. The zero-order valence-corrected chi connectivity index (χ0v) is 10.6. The van der Waals surface area contributed by atoms with Crippen LogP contribution in [0.4, 0.5) is 0 Å². The molecule has 2 N–H and O–H groups in total. The van der Waals surface area contributed by atoms with Crippen molar-refractivity contribution in [1.82, 2.24) is 0 Å². The number of rotatable bonds is 4. The summed E-state index contributed by atoms with van der Waals surface area (Å²) in [6.07, 6.45) is 0.819. The average molecular weight is 204 g/mol. The fourth-order valence-corrected chi connectivity index (χ4v) is 0.813. The van der Waals surface area contributed by atoms with Crippen LogP contribution in [-0.4, -0.2) is 22.4 Å². The smallest absolute Gasteiger partial charge is 0.0793 e. The van der Waals surface area contributed by atoms with Gasteiger partial charge in [-0.2, -0.15) is 0 Å². The molecule has 0 aliphatic heterocycles. The highest BCUT2D eigenvalue weighted by Gasteiger charge is 2.05. The molecule has 2 heteroatoms. The minimum Gasteiger partial charge on any atom is -0.391 e. The Kier molecular flexibility index (Phi) is 11.1. The van der Waals surface area contributed by atoms with Crippen molar-refractivity contribution in [3.05, 3.63) is 0 Å². The van der Waals surface area contributed by atoms with Gasteiger partial charge in [-0.3, -0.25) is 0 Å². The van der Waals surface area contributed by atoms with Crippen molar-refractivity contribution in [2.75, 3.05) is 0 Å². The summed E-state index contributed by atoms with van der Waals surface area (Å²) in [7, 11) is 0. The molecule has 0 saturated heterocycles. The Labute approximate surface area is 89.3 Å². The molecule has 0 amide bonds. The number of aliphatic hydroxyl groups is 2. The van der Waals surface area contributed by atoms with Gasteiger partial charge in [-0.25, -0.2) is 0 Å². The lowest BCUT2D eigenvalue weighted by Gasteiger charge is -2.10. The van der Waals surface area contributed by atoms with Crippen LogP contribution in [0.5, 0.6) is 0 Å². The fourth-order valence-electron chi connectivity index (χ4n) is 0.813. The first kappa shape index (κ1) is 16.4. The second-order valence-corrected chi connectivity index (χ2v) is 4.35. The minimum absolute atomic E-state index is 0.542. The van der Waals surface area contributed by atoms with Gasteiger partial charge in [0.2, 0.25) is 0 Å². The molecule has 2 nitrogen and oxygen atoms in total. The Morgan fingerprint density at radius 1 is 0.857 bits per heavy atom. The third kappa shape index (κ3) is 10.0. The first-order chi connectivity index (χ1) is 6.36. The second kappa shape index (κ2) is 9.47.